The molecule has 0 aliphatic heterocycles. The highest BCUT2D eigenvalue weighted by atomic mass is 16.5. The Bertz CT molecular complexity index is 743. The van der Waals surface area contributed by atoms with Crippen molar-refractivity contribution in [2.75, 3.05) is 7.11 Å². The maximum absolute atomic E-state index is 10.7. The predicted octanol–water partition coefficient (Wildman–Crippen LogP) is 3.15. The van der Waals surface area contributed by atoms with Crippen LogP contribution in [0.4, 0.5) is 0 Å². The third-order valence-corrected chi connectivity index (χ3v) is 3.71. The SMILES string of the molecule is CCn1ncc(OC)c1C(O)c1ccc2ccccc2c1. The molecule has 1 heterocycles. The van der Waals surface area contributed by atoms with Gasteiger partial charge in [0.25, 0.3) is 0 Å². The molecule has 0 fully saturated rings. The smallest absolute Gasteiger partial charge is 0.163 e. The standard InChI is InChI=1S/C17H18N2O2/c1-3-19-16(15(21-2)11-18-19)17(20)14-9-8-12-6-4-5-7-13(12)10-14/h4-11,17,20H,3H2,1-2H3. The molecule has 21 heavy (non-hydrogen) atoms. The van der Waals surface area contributed by atoms with Crippen molar-refractivity contribution in [3.8, 4) is 5.75 Å². The van der Waals surface area contributed by atoms with Crippen LogP contribution in [-0.2, 0) is 6.54 Å². The number of hydrogen-bond acceptors (Lipinski definition) is 3. The van der Waals surface area contributed by atoms with E-state index >= 15 is 0 Å². The summed E-state index contributed by atoms with van der Waals surface area (Å²) < 4.78 is 7.08. The van der Waals surface area contributed by atoms with Crippen molar-refractivity contribution in [1.29, 1.82) is 0 Å². The maximum Gasteiger partial charge on any atom is 0.163 e. The van der Waals surface area contributed by atoms with Gasteiger partial charge in [0, 0.05) is 6.54 Å². The number of benzene rings is 2. The lowest BCUT2D eigenvalue weighted by atomic mass is 10.0. The summed E-state index contributed by atoms with van der Waals surface area (Å²) in [7, 11) is 1.59. The summed E-state index contributed by atoms with van der Waals surface area (Å²) >= 11 is 0. The molecule has 4 nitrogen and oxygen atoms in total. The van der Waals surface area contributed by atoms with Crippen LogP contribution in [0.15, 0.2) is 48.7 Å². The van der Waals surface area contributed by atoms with Crippen molar-refractivity contribution >= 4 is 10.8 Å². The lowest BCUT2D eigenvalue weighted by Gasteiger charge is -2.15. The van der Waals surface area contributed by atoms with Gasteiger partial charge < -0.3 is 9.84 Å². The molecule has 0 spiro atoms. The Morgan fingerprint density at radius 2 is 1.95 bits per heavy atom. The largest absolute Gasteiger partial charge is 0.493 e. The first-order valence-electron chi connectivity index (χ1n) is 7.01. The second-order valence-corrected chi connectivity index (χ2v) is 4.92. The van der Waals surface area contributed by atoms with Crippen LogP contribution in [0.1, 0.15) is 24.3 Å². The summed E-state index contributed by atoms with van der Waals surface area (Å²) in [5.74, 6) is 0.609. The van der Waals surface area contributed by atoms with Gasteiger partial charge in [0.1, 0.15) is 11.8 Å². The van der Waals surface area contributed by atoms with Crippen molar-refractivity contribution in [2.45, 2.75) is 19.6 Å². The fourth-order valence-corrected chi connectivity index (χ4v) is 2.60. The highest BCUT2D eigenvalue weighted by molar-refractivity contribution is 5.83. The molecule has 2 aromatic carbocycles. The number of aromatic nitrogens is 2. The minimum atomic E-state index is -0.757. The second kappa shape index (κ2) is 5.58. The van der Waals surface area contributed by atoms with Crippen molar-refractivity contribution < 1.29 is 9.84 Å². The molecule has 0 saturated heterocycles. The lowest BCUT2D eigenvalue weighted by Crippen LogP contribution is -2.10. The van der Waals surface area contributed by atoms with Gasteiger partial charge in [0.2, 0.25) is 0 Å². The Morgan fingerprint density at radius 3 is 2.67 bits per heavy atom. The number of methoxy groups -OCH3 is 1. The van der Waals surface area contributed by atoms with E-state index in [9.17, 15) is 5.11 Å². The van der Waals surface area contributed by atoms with Crippen LogP contribution in [0.25, 0.3) is 10.8 Å². The third-order valence-electron chi connectivity index (χ3n) is 3.71. The molecule has 1 atom stereocenters. The average molecular weight is 282 g/mol. The van der Waals surface area contributed by atoms with E-state index in [1.807, 2.05) is 43.3 Å². The Hall–Kier alpha value is -2.33. The first kappa shape index (κ1) is 13.6. The van der Waals surface area contributed by atoms with Gasteiger partial charge in [0.05, 0.1) is 13.3 Å². The third kappa shape index (κ3) is 2.38. The zero-order chi connectivity index (χ0) is 14.8. The molecule has 0 bridgehead atoms. The van der Waals surface area contributed by atoms with Gasteiger partial charge in [-0.2, -0.15) is 5.10 Å². The first-order valence-corrected chi connectivity index (χ1v) is 7.01. The number of aliphatic hydroxyl groups is 1. The van der Waals surface area contributed by atoms with Crippen LogP contribution in [0, 0.1) is 0 Å². The highest BCUT2D eigenvalue weighted by Crippen LogP contribution is 2.31. The van der Waals surface area contributed by atoms with E-state index in [4.69, 9.17) is 4.74 Å². The molecule has 0 amide bonds. The number of aliphatic hydroxyl groups excluding tert-OH is 1. The maximum atomic E-state index is 10.7. The normalized spacial score (nSPS) is 12.5. The van der Waals surface area contributed by atoms with Crippen LogP contribution in [0.5, 0.6) is 5.75 Å². The quantitative estimate of drug-likeness (QED) is 0.799. The Morgan fingerprint density at radius 1 is 1.19 bits per heavy atom. The van der Waals surface area contributed by atoms with Gasteiger partial charge in [-0.1, -0.05) is 36.4 Å². The summed E-state index contributed by atoms with van der Waals surface area (Å²) in [4.78, 5) is 0. The topological polar surface area (TPSA) is 47.3 Å². The van der Waals surface area contributed by atoms with Crippen molar-refractivity contribution in [3.63, 3.8) is 0 Å². The summed E-state index contributed by atoms with van der Waals surface area (Å²) in [6.07, 6.45) is 0.885. The zero-order valence-corrected chi connectivity index (χ0v) is 12.2. The van der Waals surface area contributed by atoms with Gasteiger partial charge in [-0.05, 0) is 29.3 Å². The fourth-order valence-electron chi connectivity index (χ4n) is 2.60. The van der Waals surface area contributed by atoms with Crippen molar-refractivity contribution in [3.05, 3.63) is 59.9 Å². The molecule has 0 saturated carbocycles. The highest BCUT2D eigenvalue weighted by Gasteiger charge is 2.21. The van der Waals surface area contributed by atoms with E-state index in [1.165, 1.54) is 0 Å². The minimum absolute atomic E-state index is 0.609. The molecule has 1 N–H and O–H groups in total. The van der Waals surface area contributed by atoms with E-state index in [1.54, 1.807) is 18.0 Å². The molecule has 108 valence electrons. The Labute approximate surface area is 123 Å². The van der Waals surface area contributed by atoms with Gasteiger partial charge in [-0.25, -0.2) is 0 Å². The van der Waals surface area contributed by atoms with Crippen molar-refractivity contribution in [2.24, 2.45) is 0 Å². The molecule has 0 aliphatic carbocycles. The summed E-state index contributed by atoms with van der Waals surface area (Å²) in [5.41, 5.74) is 1.53. The number of ether oxygens (including phenoxy) is 1. The predicted molar refractivity (Wildman–Crippen MR) is 82.5 cm³/mol. The van der Waals surface area contributed by atoms with E-state index in [2.05, 4.69) is 11.2 Å². The minimum Gasteiger partial charge on any atom is -0.493 e. The Balaban J connectivity index is 2.07. The molecule has 1 unspecified atom stereocenters. The van der Waals surface area contributed by atoms with Gasteiger partial charge in [0.15, 0.2) is 5.75 Å². The molecular formula is C17H18N2O2. The molecule has 3 rings (SSSR count). The van der Waals surface area contributed by atoms with Crippen LogP contribution < -0.4 is 4.74 Å². The average Bonchev–Trinajstić information content (AvgIpc) is 2.96. The fraction of sp³-hybridized carbons (Fsp3) is 0.235. The summed E-state index contributed by atoms with van der Waals surface area (Å²) in [5, 5.41) is 17.2. The monoisotopic (exact) mass is 282 g/mol. The second-order valence-electron chi connectivity index (χ2n) is 4.92. The van der Waals surface area contributed by atoms with E-state index in [-0.39, 0.29) is 0 Å². The molecule has 3 aromatic rings. The van der Waals surface area contributed by atoms with Crippen LogP contribution >= 0.6 is 0 Å². The van der Waals surface area contributed by atoms with Crippen molar-refractivity contribution in [1.82, 2.24) is 9.78 Å². The van der Waals surface area contributed by atoms with Crippen LogP contribution in [-0.4, -0.2) is 22.0 Å². The number of fused-ring (bicyclic) bond motifs is 1. The summed E-state index contributed by atoms with van der Waals surface area (Å²) in [6, 6.07) is 14.1. The van der Waals surface area contributed by atoms with Crippen LogP contribution in [0.3, 0.4) is 0 Å². The van der Waals surface area contributed by atoms with E-state index < -0.39 is 6.10 Å². The van der Waals surface area contributed by atoms with Gasteiger partial charge in [-0.15, -0.1) is 0 Å². The molecular weight excluding hydrogens is 264 g/mol. The molecule has 1 aromatic heterocycles. The van der Waals surface area contributed by atoms with E-state index in [0.717, 1.165) is 16.3 Å². The number of rotatable bonds is 4. The molecule has 0 aliphatic rings. The molecule has 0 radical (unpaired) electrons. The number of nitrogens with zero attached hydrogens (tertiary/aromatic N) is 2. The molecule has 4 heteroatoms. The van der Waals surface area contributed by atoms with E-state index in [0.29, 0.717) is 18.0 Å². The Kier molecular flexibility index (Phi) is 3.62. The van der Waals surface area contributed by atoms with Gasteiger partial charge in [-0.3, -0.25) is 4.68 Å². The lowest BCUT2D eigenvalue weighted by molar-refractivity contribution is 0.202. The summed E-state index contributed by atoms with van der Waals surface area (Å²) in [6.45, 7) is 2.67. The van der Waals surface area contributed by atoms with Crippen LogP contribution in [0.2, 0.25) is 0 Å². The first-order chi connectivity index (χ1) is 10.2. The number of aryl methyl sites for hydroxylation is 1. The number of hydrogen-bond donors (Lipinski definition) is 1. The zero-order valence-electron chi connectivity index (χ0n) is 12.2. The van der Waals surface area contributed by atoms with Gasteiger partial charge >= 0.3 is 0 Å².